The van der Waals surface area contributed by atoms with Gasteiger partial charge in [-0.1, -0.05) is 27.7 Å². The van der Waals surface area contributed by atoms with E-state index in [0.29, 0.717) is 13.0 Å². The zero-order valence-corrected chi connectivity index (χ0v) is 19.9. The monoisotopic (exact) mass is 437 g/mol. The summed E-state index contributed by atoms with van der Waals surface area (Å²) in [5.41, 5.74) is -1.88. The summed E-state index contributed by atoms with van der Waals surface area (Å²) in [5.74, 6) is -2.18. The Bertz CT molecular complexity index is 741. The van der Waals surface area contributed by atoms with E-state index in [-0.39, 0.29) is 42.2 Å². The molecule has 3 aliphatic heterocycles. The Morgan fingerprint density at radius 1 is 1.26 bits per heavy atom. The highest BCUT2D eigenvalue weighted by molar-refractivity contribution is 5.99. The molecule has 3 rings (SSSR count). The number of hydrogen-bond acceptors (Lipinski definition) is 5. The molecule has 0 aromatic heterocycles. The molecule has 0 aliphatic carbocycles. The molecule has 3 N–H and O–H groups in total. The van der Waals surface area contributed by atoms with Crippen LogP contribution in [0.3, 0.4) is 0 Å². The van der Waals surface area contributed by atoms with Crippen molar-refractivity contribution in [2.24, 2.45) is 23.7 Å². The Kier molecular flexibility index (Phi) is 6.46. The largest absolute Gasteiger partial charge is 0.394 e. The van der Waals surface area contributed by atoms with Gasteiger partial charge in [0.25, 0.3) is 0 Å². The van der Waals surface area contributed by atoms with Crippen LogP contribution in [0.4, 0.5) is 0 Å². The van der Waals surface area contributed by atoms with Crippen LogP contribution in [0.5, 0.6) is 0 Å². The SMILES string of the molecule is CCCNC(=O)[C@H]1[C@H]2C(=O)N([C@@H](CO)C(C)C)C(C(=O)NC(C)C)C23CC(C)[C@]1(C)O3. The summed E-state index contributed by atoms with van der Waals surface area (Å²) >= 11 is 0. The van der Waals surface area contributed by atoms with Crippen molar-refractivity contribution in [3.05, 3.63) is 0 Å². The molecule has 3 fully saturated rings. The van der Waals surface area contributed by atoms with Gasteiger partial charge in [0.05, 0.1) is 30.1 Å². The fourth-order valence-corrected chi connectivity index (χ4v) is 6.08. The normalized spacial score (nSPS) is 37.5. The summed E-state index contributed by atoms with van der Waals surface area (Å²) in [6, 6.07) is -1.51. The Morgan fingerprint density at radius 2 is 1.90 bits per heavy atom. The van der Waals surface area contributed by atoms with E-state index in [1.165, 1.54) is 4.90 Å². The highest BCUT2D eigenvalue weighted by Gasteiger charge is 2.80. The molecule has 8 nitrogen and oxygen atoms in total. The number of rotatable bonds is 8. The van der Waals surface area contributed by atoms with Gasteiger partial charge in [0, 0.05) is 12.6 Å². The van der Waals surface area contributed by atoms with Gasteiger partial charge in [-0.25, -0.2) is 0 Å². The van der Waals surface area contributed by atoms with Crippen LogP contribution < -0.4 is 10.6 Å². The maximum absolute atomic E-state index is 13.9. The molecule has 31 heavy (non-hydrogen) atoms. The second-order valence-corrected chi connectivity index (χ2v) is 10.4. The third kappa shape index (κ3) is 3.46. The van der Waals surface area contributed by atoms with E-state index in [1.54, 1.807) is 0 Å². The number of likely N-dealkylation sites (tertiary alicyclic amines) is 1. The van der Waals surface area contributed by atoms with Crippen molar-refractivity contribution in [2.45, 2.75) is 90.6 Å². The second kappa shape index (κ2) is 8.35. The van der Waals surface area contributed by atoms with Crippen LogP contribution in [0.2, 0.25) is 0 Å². The average Bonchev–Trinajstić information content (AvgIpc) is 3.17. The standard InChI is InChI=1S/C23H39N3O5/c1-8-9-24-19(28)16-17-21(30)26(15(11-27)12(2)3)18(20(29)25-13(4)5)23(17)10-14(6)22(16,7)31-23/h12-18,27H,8-11H2,1-7H3,(H,24,28)(H,25,29)/t14?,15-,16+,17-,18?,22-,23?/m0/s1. The first-order valence-electron chi connectivity index (χ1n) is 11.7. The Morgan fingerprint density at radius 3 is 2.42 bits per heavy atom. The first kappa shape index (κ1) is 24.0. The fourth-order valence-electron chi connectivity index (χ4n) is 6.08. The summed E-state index contributed by atoms with van der Waals surface area (Å²) in [6.45, 7) is 13.8. The summed E-state index contributed by atoms with van der Waals surface area (Å²) in [5, 5.41) is 16.0. The fraction of sp³-hybridized carbons (Fsp3) is 0.870. The Labute approximate surface area is 185 Å². The number of aliphatic hydroxyl groups is 1. The van der Waals surface area contributed by atoms with E-state index in [2.05, 4.69) is 10.6 Å². The van der Waals surface area contributed by atoms with Crippen LogP contribution in [-0.4, -0.2) is 70.2 Å². The number of carbonyl (C=O) groups is 3. The van der Waals surface area contributed by atoms with Crippen LogP contribution >= 0.6 is 0 Å². The van der Waals surface area contributed by atoms with Crippen LogP contribution in [-0.2, 0) is 19.1 Å². The number of hydrogen-bond donors (Lipinski definition) is 3. The molecule has 176 valence electrons. The van der Waals surface area contributed by atoms with Gasteiger partial charge in [0.15, 0.2) is 0 Å². The molecule has 0 aromatic rings. The van der Waals surface area contributed by atoms with Crippen molar-refractivity contribution >= 4 is 17.7 Å². The first-order chi connectivity index (χ1) is 14.5. The molecule has 2 bridgehead atoms. The topological polar surface area (TPSA) is 108 Å². The molecular formula is C23H39N3O5. The lowest BCUT2D eigenvalue weighted by Gasteiger charge is -2.38. The quantitative estimate of drug-likeness (QED) is 0.526. The molecule has 0 saturated carbocycles. The summed E-state index contributed by atoms with van der Waals surface area (Å²) in [4.78, 5) is 42.1. The van der Waals surface area contributed by atoms with E-state index < -0.39 is 35.1 Å². The number of nitrogens with one attached hydrogen (secondary N) is 2. The van der Waals surface area contributed by atoms with Crippen molar-refractivity contribution in [1.29, 1.82) is 0 Å². The lowest BCUT2D eigenvalue weighted by molar-refractivity contribution is -0.152. The van der Waals surface area contributed by atoms with Gasteiger partial charge in [-0.3, -0.25) is 14.4 Å². The number of carbonyl (C=O) groups excluding carboxylic acids is 3. The molecular weight excluding hydrogens is 398 g/mol. The van der Waals surface area contributed by atoms with Crippen LogP contribution in [0.1, 0.15) is 61.3 Å². The van der Waals surface area contributed by atoms with E-state index in [4.69, 9.17) is 4.74 Å². The van der Waals surface area contributed by atoms with Crippen LogP contribution in [0, 0.1) is 23.7 Å². The number of nitrogens with zero attached hydrogens (tertiary/aromatic N) is 1. The Balaban J connectivity index is 2.12. The van der Waals surface area contributed by atoms with E-state index in [0.717, 1.165) is 6.42 Å². The van der Waals surface area contributed by atoms with E-state index in [9.17, 15) is 19.5 Å². The maximum Gasteiger partial charge on any atom is 0.246 e. The Hall–Kier alpha value is -1.67. The minimum absolute atomic E-state index is 0.00912. The third-order valence-corrected chi connectivity index (χ3v) is 7.58. The van der Waals surface area contributed by atoms with Crippen molar-refractivity contribution in [3.8, 4) is 0 Å². The van der Waals surface area contributed by atoms with Gasteiger partial charge < -0.3 is 25.4 Å². The first-order valence-corrected chi connectivity index (χ1v) is 11.7. The summed E-state index contributed by atoms with van der Waals surface area (Å²) < 4.78 is 6.62. The van der Waals surface area contributed by atoms with Crippen molar-refractivity contribution in [2.75, 3.05) is 13.2 Å². The van der Waals surface area contributed by atoms with E-state index >= 15 is 0 Å². The predicted molar refractivity (Wildman–Crippen MR) is 116 cm³/mol. The van der Waals surface area contributed by atoms with Crippen LogP contribution in [0.25, 0.3) is 0 Å². The van der Waals surface area contributed by atoms with Gasteiger partial charge in [-0.05, 0) is 45.4 Å². The second-order valence-electron chi connectivity index (χ2n) is 10.4. The average molecular weight is 438 g/mol. The molecule has 3 unspecified atom stereocenters. The van der Waals surface area contributed by atoms with E-state index in [1.807, 2.05) is 48.5 Å². The van der Waals surface area contributed by atoms with Gasteiger partial charge >= 0.3 is 0 Å². The summed E-state index contributed by atoms with van der Waals surface area (Å²) in [7, 11) is 0. The highest BCUT2D eigenvalue weighted by Crippen LogP contribution is 2.65. The molecule has 3 saturated heterocycles. The predicted octanol–water partition coefficient (Wildman–Crippen LogP) is 1.06. The minimum Gasteiger partial charge on any atom is -0.394 e. The highest BCUT2D eigenvalue weighted by atomic mass is 16.5. The minimum atomic E-state index is -1.07. The summed E-state index contributed by atoms with van der Waals surface area (Å²) in [6.07, 6.45) is 1.32. The van der Waals surface area contributed by atoms with Crippen molar-refractivity contribution in [3.63, 3.8) is 0 Å². The molecule has 8 heteroatoms. The van der Waals surface area contributed by atoms with Crippen molar-refractivity contribution < 1.29 is 24.2 Å². The van der Waals surface area contributed by atoms with Gasteiger partial charge in [0.2, 0.25) is 17.7 Å². The smallest absolute Gasteiger partial charge is 0.246 e. The lowest BCUT2D eigenvalue weighted by atomic mass is 9.62. The molecule has 3 heterocycles. The molecule has 3 amide bonds. The molecule has 7 atom stereocenters. The number of ether oxygens (including phenoxy) is 1. The number of aliphatic hydroxyl groups excluding tert-OH is 1. The lowest BCUT2D eigenvalue weighted by Crippen LogP contribution is -2.59. The van der Waals surface area contributed by atoms with Crippen LogP contribution in [0.15, 0.2) is 0 Å². The maximum atomic E-state index is 13.9. The van der Waals surface area contributed by atoms with Crippen molar-refractivity contribution in [1.82, 2.24) is 15.5 Å². The number of amides is 3. The third-order valence-electron chi connectivity index (χ3n) is 7.58. The molecule has 1 spiro atoms. The van der Waals surface area contributed by atoms with Gasteiger partial charge in [-0.15, -0.1) is 0 Å². The molecule has 0 aromatic carbocycles. The zero-order valence-electron chi connectivity index (χ0n) is 19.9. The molecule has 3 aliphatic rings. The zero-order chi connectivity index (χ0) is 23.3. The van der Waals surface area contributed by atoms with Gasteiger partial charge in [0.1, 0.15) is 11.6 Å². The molecule has 0 radical (unpaired) electrons. The van der Waals surface area contributed by atoms with Gasteiger partial charge in [-0.2, -0.15) is 0 Å². The number of fused-ring (bicyclic) bond motifs is 1.